The first-order valence-corrected chi connectivity index (χ1v) is 19.2. The topological polar surface area (TPSA) is 299 Å². The number of carbonyl (C=O) groups excluding carboxylic acids is 1. The maximum absolute atomic E-state index is 10.9. The fraction of sp³-hybridized carbons (Fsp3) is 0.294. The summed E-state index contributed by atoms with van der Waals surface area (Å²) in [6.45, 7) is 8.10. The standard InChI is InChI=1S/C13H11N5O3S.C11H17BN2O2.C9H8BrN3O3S.CH3F.Li.H2O/c14-10-5-7(3-4-15-10)8-1-2-9(21-8)12-16-13(18-17-12)22-6-11(19)20;1-10(2)11(3,4)16-12(15-10)8-5-6-14-9(13)7-8;1-15-7(14)4-17-9-11-8(12-13-9)5-2-3-6(10)16-5;1-2;;/h1-5H,6H2,(H2,14,15)(H,19,20)(H,16,17,18);5-7H,1-4H3,(H2,13,14);2-3H,4H2,1H3,(H,11,12,13);1H3;;1H2/q;;;;+1;/p-1/i;;;1D;;. The van der Waals surface area contributed by atoms with Gasteiger partial charge in [-0.25, -0.2) is 9.97 Å². The van der Waals surface area contributed by atoms with E-state index in [1.54, 1.807) is 54.9 Å². The van der Waals surface area contributed by atoms with Gasteiger partial charge in [-0.05, 0) is 97.6 Å². The van der Waals surface area contributed by atoms with Crippen LogP contribution in [0.3, 0.4) is 0 Å². The summed E-state index contributed by atoms with van der Waals surface area (Å²) < 4.78 is 43.5. The fourth-order valence-electron chi connectivity index (χ4n) is 4.41. The molecule has 0 aromatic carbocycles. The Morgan fingerprint density at radius 1 is 0.881 bits per heavy atom. The molecule has 310 valence electrons. The van der Waals surface area contributed by atoms with Gasteiger partial charge in [0.05, 0.1) is 38.3 Å². The van der Waals surface area contributed by atoms with Crippen LogP contribution >= 0.6 is 39.5 Å². The monoisotopic (exact) mass is 913 g/mol. The maximum Gasteiger partial charge on any atom is 1.00 e. The second kappa shape index (κ2) is 23.2. The van der Waals surface area contributed by atoms with Crippen molar-refractivity contribution in [3.8, 4) is 34.5 Å². The first kappa shape index (κ1) is 48.7. The van der Waals surface area contributed by atoms with E-state index in [-0.39, 0.29) is 60.1 Å². The predicted octanol–water partition coefficient (Wildman–Crippen LogP) is 2.35. The third-order valence-electron chi connectivity index (χ3n) is 7.84. The Hall–Kier alpha value is -4.67. The number of thioether (sulfide) groups is 2. The SMILES string of the molecule is CC1(C)OB(c2ccnc(N)c2)OC1(C)C.COC(=O)CSc1n[nH]c(-c2ccc(Br)o2)n1.Nc1cc(-c2ccc(-c3nc(SCC(=O)O)n[nH]3)o2)ccn1.[2H]CF.[Li+].[OH-]. The Morgan fingerprint density at radius 3 is 1.90 bits per heavy atom. The number of aliphatic carboxylic acids is 1. The van der Waals surface area contributed by atoms with Crippen molar-refractivity contribution < 1.29 is 67.7 Å². The van der Waals surface area contributed by atoms with E-state index >= 15 is 0 Å². The molecular weight excluding hydrogens is 873 g/mol. The van der Waals surface area contributed by atoms with Crippen molar-refractivity contribution in [2.24, 2.45) is 0 Å². The molecule has 0 amide bonds. The molecule has 59 heavy (non-hydrogen) atoms. The zero-order valence-electron chi connectivity index (χ0n) is 33.6. The third kappa shape index (κ3) is 14.5. The molecule has 0 spiro atoms. The number of ether oxygens (including phenoxy) is 1. The predicted molar refractivity (Wildman–Crippen MR) is 218 cm³/mol. The number of esters is 1. The molecular formula is C34H40BBrFLiN10O9S2. The van der Waals surface area contributed by atoms with Gasteiger partial charge in [0.15, 0.2) is 27.8 Å². The number of carbonyl (C=O) groups is 2. The Morgan fingerprint density at radius 2 is 1.39 bits per heavy atom. The maximum atomic E-state index is 10.9. The van der Waals surface area contributed by atoms with E-state index in [1.165, 1.54) is 18.9 Å². The summed E-state index contributed by atoms with van der Waals surface area (Å²) in [5.41, 5.74) is 12.3. The normalized spacial score (nSPS) is 13.4. The molecule has 6 aromatic rings. The van der Waals surface area contributed by atoms with Crippen molar-refractivity contribution >= 4 is 75.6 Å². The number of furan rings is 2. The van der Waals surface area contributed by atoms with Gasteiger partial charge in [0.1, 0.15) is 17.4 Å². The molecule has 0 bridgehead atoms. The Labute approximate surface area is 368 Å². The Bertz CT molecular complexity index is 2250. The van der Waals surface area contributed by atoms with Crippen molar-refractivity contribution in [2.45, 2.75) is 49.2 Å². The van der Waals surface area contributed by atoms with Crippen LogP contribution in [0.25, 0.3) is 34.5 Å². The average molecular weight is 915 g/mol. The number of methoxy groups -OCH3 is 1. The van der Waals surface area contributed by atoms with Gasteiger partial charge in [-0.1, -0.05) is 23.5 Å². The van der Waals surface area contributed by atoms with Crippen LogP contribution in [-0.2, 0) is 23.6 Å². The van der Waals surface area contributed by atoms with Crippen molar-refractivity contribution in [1.82, 2.24) is 40.3 Å². The first-order valence-electron chi connectivity index (χ1n) is 17.1. The number of pyridine rings is 2. The van der Waals surface area contributed by atoms with E-state index in [9.17, 15) is 14.0 Å². The number of carboxylic acids is 1. The van der Waals surface area contributed by atoms with Crippen LogP contribution in [0.2, 0.25) is 0 Å². The molecule has 1 aliphatic rings. The van der Waals surface area contributed by atoms with Crippen LogP contribution in [0.15, 0.2) is 84.7 Å². The molecule has 8 N–H and O–H groups in total. The molecule has 0 atom stereocenters. The van der Waals surface area contributed by atoms with Gasteiger partial charge in [-0.2, -0.15) is 9.97 Å². The number of hydrogen-bond acceptors (Lipinski definition) is 18. The second-order valence-corrected chi connectivity index (χ2v) is 15.0. The molecule has 7 heterocycles. The number of aromatic nitrogens is 8. The van der Waals surface area contributed by atoms with E-state index in [0.717, 1.165) is 22.8 Å². The molecule has 1 fully saturated rings. The van der Waals surface area contributed by atoms with Crippen molar-refractivity contribution in [1.29, 1.82) is 0 Å². The number of nitrogens with zero attached hydrogens (tertiary/aromatic N) is 6. The number of nitrogen functional groups attached to an aromatic ring is 2. The molecule has 25 heteroatoms. The van der Waals surface area contributed by atoms with Crippen LogP contribution in [0.4, 0.5) is 16.0 Å². The Kier molecular flexibility index (Phi) is 19.2. The molecule has 0 saturated carbocycles. The zero-order valence-corrected chi connectivity index (χ0v) is 35.9. The van der Waals surface area contributed by atoms with Gasteiger partial charge >= 0.3 is 37.9 Å². The summed E-state index contributed by atoms with van der Waals surface area (Å²) in [6.07, 6.45) is 3.26. The van der Waals surface area contributed by atoms with Gasteiger partial charge in [0.2, 0.25) is 10.3 Å². The van der Waals surface area contributed by atoms with E-state index in [1.807, 2.05) is 33.8 Å². The fourth-order valence-corrected chi connectivity index (χ4v) is 5.86. The molecule has 6 aromatic heterocycles. The van der Waals surface area contributed by atoms with Gasteiger partial charge in [-0.15, -0.1) is 10.2 Å². The van der Waals surface area contributed by atoms with Crippen LogP contribution in [0.1, 0.15) is 29.1 Å². The quantitative estimate of drug-likeness (QED) is 0.0748. The number of H-pyrrole nitrogens is 2. The van der Waals surface area contributed by atoms with E-state index in [4.69, 9.17) is 36.1 Å². The molecule has 0 unspecified atom stereocenters. The van der Waals surface area contributed by atoms with E-state index < -0.39 is 13.1 Å². The summed E-state index contributed by atoms with van der Waals surface area (Å²) in [6, 6.07) is 14.2. The van der Waals surface area contributed by atoms with Crippen LogP contribution in [0, 0.1) is 0 Å². The number of alkyl halides is 1. The summed E-state index contributed by atoms with van der Waals surface area (Å²) in [4.78, 5) is 37.7. The molecule has 1 aliphatic heterocycles. The first-order chi connectivity index (χ1) is 27.5. The minimum atomic E-state index is -1.00. The summed E-state index contributed by atoms with van der Waals surface area (Å²) in [5, 5.41) is 22.8. The van der Waals surface area contributed by atoms with Crippen molar-refractivity contribution in [3.63, 3.8) is 0 Å². The Balaban J connectivity index is 0.000000299. The van der Waals surface area contributed by atoms with Crippen LogP contribution in [0.5, 0.6) is 0 Å². The molecule has 0 radical (unpaired) electrons. The number of halogens is 2. The number of nitrogens with two attached hydrogens (primary N) is 2. The number of anilines is 2. The van der Waals surface area contributed by atoms with Crippen LogP contribution in [-0.4, -0.2) is 107 Å². The van der Waals surface area contributed by atoms with Crippen LogP contribution < -0.4 is 35.8 Å². The number of rotatable bonds is 10. The largest absolute Gasteiger partial charge is 1.00 e. The van der Waals surface area contributed by atoms with E-state index in [2.05, 4.69) is 61.0 Å². The molecule has 0 aliphatic carbocycles. The number of hydrogen-bond donors (Lipinski definition) is 5. The second-order valence-electron chi connectivity index (χ2n) is 12.3. The average Bonchev–Trinajstić information content (AvgIpc) is 4.02. The van der Waals surface area contributed by atoms with Gasteiger partial charge < -0.3 is 44.9 Å². The summed E-state index contributed by atoms with van der Waals surface area (Å²) in [5.74, 6) is 2.37. The number of carboxylic acid groups (broad SMARTS) is 1. The minimum absolute atomic E-state index is 0. The minimum Gasteiger partial charge on any atom is -0.870 e. The van der Waals surface area contributed by atoms with Gasteiger partial charge in [0, 0.05) is 18.0 Å². The van der Waals surface area contributed by atoms with Crippen molar-refractivity contribution in [3.05, 3.63) is 65.6 Å². The molecule has 7 rings (SSSR count). The van der Waals surface area contributed by atoms with Crippen molar-refractivity contribution in [2.75, 3.05) is 37.2 Å². The molecule has 1 saturated heterocycles. The smallest absolute Gasteiger partial charge is 0.870 e. The van der Waals surface area contributed by atoms with E-state index in [0.29, 0.717) is 55.5 Å². The summed E-state index contributed by atoms with van der Waals surface area (Å²) in [7, 11) is -0.0255. The number of aromatic amines is 2. The zero-order chi connectivity index (χ0) is 42.5. The number of nitrogens with one attached hydrogen (secondary N) is 2. The van der Waals surface area contributed by atoms with Gasteiger partial charge in [0.25, 0.3) is 0 Å². The molecule has 19 nitrogen and oxygen atoms in total. The van der Waals surface area contributed by atoms with Gasteiger partial charge in [-0.3, -0.25) is 24.2 Å². The summed E-state index contributed by atoms with van der Waals surface area (Å²) >= 11 is 5.42. The third-order valence-corrected chi connectivity index (χ3v) is 9.92.